The summed E-state index contributed by atoms with van der Waals surface area (Å²) in [5, 5.41) is 7.51. The summed E-state index contributed by atoms with van der Waals surface area (Å²) in [6.45, 7) is 0.809. The molecule has 0 atom stereocenters. The summed E-state index contributed by atoms with van der Waals surface area (Å²) < 4.78 is 12.4. The highest BCUT2D eigenvalue weighted by atomic mass is 16.5. The Morgan fingerprint density at radius 3 is 2.68 bits per heavy atom. The number of benzene rings is 1. The molecule has 0 fully saturated rings. The zero-order valence-electron chi connectivity index (χ0n) is 11.5. The van der Waals surface area contributed by atoms with Crippen molar-refractivity contribution in [1.29, 1.82) is 0 Å². The molecule has 0 bridgehead atoms. The first-order valence-corrected chi connectivity index (χ1v) is 6.17. The molecular formula is C14H19N3O2. The summed E-state index contributed by atoms with van der Waals surface area (Å²) in [4.78, 5) is 0. The van der Waals surface area contributed by atoms with E-state index in [1.165, 1.54) is 5.69 Å². The van der Waals surface area contributed by atoms with E-state index in [-0.39, 0.29) is 0 Å². The molecule has 1 N–H and O–H groups in total. The van der Waals surface area contributed by atoms with Crippen molar-refractivity contribution < 1.29 is 9.47 Å². The van der Waals surface area contributed by atoms with Crippen molar-refractivity contribution in [3.63, 3.8) is 0 Å². The number of aromatic nitrogens is 2. The molecule has 0 aliphatic carbocycles. The maximum Gasteiger partial charge on any atom is 0.142 e. The molecule has 1 aromatic heterocycles. The molecule has 0 aliphatic heterocycles. The Kier molecular flexibility index (Phi) is 4.28. The van der Waals surface area contributed by atoms with Crippen molar-refractivity contribution in [2.75, 3.05) is 26.1 Å². The fraction of sp³-hybridized carbons (Fsp3) is 0.357. The van der Waals surface area contributed by atoms with Crippen LogP contribution in [0, 0.1) is 0 Å². The quantitative estimate of drug-likeness (QED) is 0.865. The van der Waals surface area contributed by atoms with Gasteiger partial charge in [-0.05, 0) is 18.2 Å². The van der Waals surface area contributed by atoms with Gasteiger partial charge in [0.25, 0.3) is 0 Å². The first-order chi connectivity index (χ1) is 9.24. The van der Waals surface area contributed by atoms with Crippen LogP contribution in [-0.4, -0.2) is 30.5 Å². The Morgan fingerprint density at radius 1 is 1.21 bits per heavy atom. The van der Waals surface area contributed by atoms with Crippen LogP contribution in [0.3, 0.4) is 0 Å². The minimum Gasteiger partial charge on any atom is -0.497 e. The van der Waals surface area contributed by atoms with Gasteiger partial charge >= 0.3 is 0 Å². The third-order valence-corrected chi connectivity index (χ3v) is 3.03. The van der Waals surface area contributed by atoms with Crippen LogP contribution in [0.2, 0.25) is 0 Å². The SMILES string of the molecule is COc1ccc(OC)c(NCCc2ccnn2C)c1. The van der Waals surface area contributed by atoms with E-state index in [1.54, 1.807) is 14.2 Å². The number of methoxy groups -OCH3 is 2. The second-order valence-electron chi connectivity index (χ2n) is 4.19. The van der Waals surface area contributed by atoms with Gasteiger partial charge in [-0.25, -0.2) is 0 Å². The summed E-state index contributed by atoms with van der Waals surface area (Å²) in [7, 11) is 5.26. The molecule has 5 nitrogen and oxygen atoms in total. The zero-order valence-corrected chi connectivity index (χ0v) is 11.5. The average molecular weight is 261 g/mol. The monoisotopic (exact) mass is 261 g/mol. The number of nitrogens with one attached hydrogen (secondary N) is 1. The molecule has 0 amide bonds. The lowest BCUT2D eigenvalue weighted by atomic mass is 10.2. The van der Waals surface area contributed by atoms with E-state index in [4.69, 9.17) is 9.47 Å². The van der Waals surface area contributed by atoms with Crippen molar-refractivity contribution >= 4 is 5.69 Å². The van der Waals surface area contributed by atoms with Crippen molar-refractivity contribution in [2.45, 2.75) is 6.42 Å². The highest BCUT2D eigenvalue weighted by molar-refractivity contribution is 5.59. The number of hydrogen-bond donors (Lipinski definition) is 1. The topological polar surface area (TPSA) is 48.3 Å². The van der Waals surface area contributed by atoms with Crippen LogP contribution in [-0.2, 0) is 13.5 Å². The van der Waals surface area contributed by atoms with Crippen LogP contribution in [0.25, 0.3) is 0 Å². The van der Waals surface area contributed by atoms with Crippen LogP contribution in [0.4, 0.5) is 5.69 Å². The van der Waals surface area contributed by atoms with E-state index in [9.17, 15) is 0 Å². The zero-order chi connectivity index (χ0) is 13.7. The number of hydrogen-bond acceptors (Lipinski definition) is 4. The largest absolute Gasteiger partial charge is 0.497 e. The first-order valence-electron chi connectivity index (χ1n) is 6.17. The normalized spacial score (nSPS) is 10.3. The van der Waals surface area contributed by atoms with Crippen LogP contribution in [0.15, 0.2) is 30.5 Å². The fourth-order valence-corrected chi connectivity index (χ4v) is 1.92. The second-order valence-corrected chi connectivity index (χ2v) is 4.19. The summed E-state index contributed by atoms with van der Waals surface area (Å²) in [6, 6.07) is 7.73. The maximum atomic E-state index is 5.32. The molecular weight excluding hydrogens is 242 g/mol. The molecule has 2 aromatic rings. The van der Waals surface area contributed by atoms with E-state index in [0.29, 0.717) is 0 Å². The smallest absolute Gasteiger partial charge is 0.142 e. The Balaban J connectivity index is 2.00. The number of anilines is 1. The minimum absolute atomic E-state index is 0.809. The first kappa shape index (κ1) is 13.3. The molecule has 0 spiro atoms. The molecule has 19 heavy (non-hydrogen) atoms. The van der Waals surface area contributed by atoms with Crippen molar-refractivity contribution in [3.8, 4) is 11.5 Å². The molecule has 0 aliphatic rings. The number of ether oxygens (including phenoxy) is 2. The lowest BCUT2D eigenvalue weighted by Gasteiger charge is -2.12. The Hall–Kier alpha value is -2.17. The van der Waals surface area contributed by atoms with Crippen molar-refractivity contribution in [3.05, 3.63) is 36.2 Å². The van der Waals surface area contributed by atoms with Crippen molar-refractivity contribution in [1.82, 2.24) is 9.78 Å². The summed E-state index contributed by atoms with van der Waals surface area (Å²) in [6.07, 6.45) is 2.71. The van der Waals surface area contributed by atoms with Gasteiger partial charge < -0.3 is 14.8 Å². The Morgan fingerprint density at radius 2 is 2.05 bits per heavy atom. The van der Waals surface area contributed by atoms with Gasteiger partial charge in [-0.1, -0.05) is 0 Å². The highest BCUT2D eigenvalue weighted by Gasteiger charge is 2.05. The van der Waals surface area contributed by atoms with Gasteiger partial charge in [-0.15, -0.1) is 0 Å². The molecule has 0 radical (unpaired) electrons. The minimum atomic E-state index is 0.809. The number of nitrogens with zero attached hydrogens (tertiary/aromatic N) is 2. The van der Waals surface area contributed by atoms with Gasteiger partial charge in [0.05, 0.1) is 19.9 Å². The van der Waals surface area contributed by atoms with E-state index in [1.807, 2.05) is 42.2 Å². The van der Waals surface area contributed by atoms with Crippen molar-refractivity contribution in [2.24, 2.45) is 7.05 Å². The third kappa shape index (κ3) is 3.19. The molecule has 102 valence electrons. The van der Waals surface area contributed by atoms with Crippen LogP contribution >= 0.6 is 0 Å². The lowest BCUT2D eigenvalue weighted by Crippen LogP contribution is -2.09. The van der Waals surface area contributed by atoms with E-state index in [2.05, 4.69) is 10.4 Å². The lowest BCUT2D eigenvalue weighted by molar-refractivity contribution is 0.404. The predicted octanol–water partition coefficient (Wildman–Crippen LogP) is 2.09. The van der Waals surface area contributed by atoms with Gasteiger partial charge in [-0.2, -0.15) is 5.10 Å². The predicted molar refractivity (Wildman–Crippen MR) is 74.9 cm³/mol. The van der Waals surface area contributed by atoms with E-state index >= 15 is 0 Å². The van der Waals surface area contributed by atoms with Gasteiger partial charge in [0.2, 0.25) is 0 Å². The molecule has 0 unspecified atom stereocenters. The standard InChI is InChI=1S/C14H19N3O2/c1-17-11(7-9-16-17)6-8-15-13-10-12(18-2)4-5-14(13)19-3/h4-5,7,9-10,15H,6,8H2,1-3H3. The number of rotatable bonds is 6. The summed E-state index contributed by atoms with van der Waals surface area (Å²) >= 11 is 0. The molecule has 1 aromatic carbocycles. The van der Waals surface area contributed by atoms with Gasteiger partial charge in [0, 0.05) is 38.0 Å². The molecule has 2 rings (SSSR count). The Bertz CT molecular complexity index is 537. The molecule has 0 saturated carbocycles. The highest BCUT2D eigenvalue weighted by Crippen LogP contribution is 2.28. The molecule has 5 heteroatoms. The van der Waals surface area contributed by atoms with E-state index < -0.39 is 0 Å². The van der Waals surface area contributed by atoms with Crippen LogP contribution in [0.5, 0.6) is 11.5 Å². The van der Waals surface area contributed by atoms with Gasteiger partial charge in [0.15, 0.2) is 0 Å². The number of aryl methyl sites for hydroxylation is 1. The summed E-state index contributed by atoms with van der Waals surface area (Å²) in [5.74, 6) is 1.62. The van der Waals surface area contributed by atoms with Gasteiger partial charge in [-0.3, -0.25) is 4.68 Å². The van der Waals surface area contributed by atoms with Gasteiger partial charge in [0.1, 0.15) is 11.5 Å². The summed E-state index contributed by atoms with van der Waals surface area (Å²) in [5.41, 5.74) is 2.12. The second kappa shape index (κ2) is 6.13. The fourth-order valence-electron chi connectivity index (χ4n) is 1.92. The molecule has 1 heterocycles. The molecule has 0 saturated heterocycles. The van der Waals surface area contributed by atoms with Crippen LogP contribution < -0.4 is 14.8 Å². The van der Waals surface area contributed by atoms with Crippen LogP contribution in [0.1, 0.15) is 5.69 Å². The Labute approximate surface area is 113 Å². The van der Waals surface area contributed by atoms with E-state index in [0.717, 1.165) is 30.2 Å². The third-order valence-electron chi connectivity index (χ3n) is 3.03. The average Bonchev–Trinajstić information content (AvgIpc) is 2.84. The maximum absolute atomic E-state index is 5.32.